The predicted molar refractivity (Wildman–Crippen MR) is 93.1 cm³/mol. The molecule has 1 aromatic heterocycles. The van der Waals surface area contributed by atoms with Gasteiger partial charge in [-0.1, -0.05) is 12.1 Å². The SMILES string of the molecule is Cc1nc([C@H]2CN(Cc3ccc(OCC(=O)O)cc3)CCO2)cc(=O)[nH]1. The minimum absolute atomic E-state index is 0.176. The molecule has 3 rings (SSSR count). The van der Waals surface area contributed by atoms with Crippen LogP contribution in [0, 0.1) is 6.92 Å². The summed E-state index contributed by atoms with van der Waals surface area (Å²) in [5, 5.41) is 8.63. The molecule has 0 spiro atoms. The van der Waals surface area contributed by atoms with Gasteiger partial charge < -0.3 is 19.6 Å². The van der Waals surface area contributed by atoms with Crippen molar-refractivity contribution in [2.45, 2.75) is 19.6 Å². The summed E-state index contributed by atoms with van der Waals surface area (Å²) in [6.45, 7) is 4.12. The largest absolute Gasteiger partial charge is 0.482 e. The molecule has 1 saturated heterocycles. The number of morpholine rings is 1. The van der Waals surface area contributed by atoms with E-state index in [2.05, 4.69) is 14.9 Å². The fraction of sp³-hybridized carbons (Fsp3) is 0.389. The summed E-state index contributed by atoms with van der Waals surface area (Å²) in [5.41, 5.74) is 1.56. The number of benzene rings is 1. The Morgan fingerprint density at radius 2 is 2.19 bits per heavy atom. The molecule has 1 aliphatic heterocycles. The highest BCUT2D eigenvalue weighted by Crippen LogP contribution is 2.22. The molecule has 0 unspecified atom stereocenters. The molecule has 138 valence electrons. The number of nitrogens with one attached hydrogen (secondary N) is 1. The van der Waals surface area contributed by atoms with Crippen molar-refractivity contribution in [1.82, 2.24) is 14.9 Å². The van der Waals surface area contributed by atoms with Crippen molar-refractivity contribution < 1.29 is 19.4 Å². The van der Waals surface area contributed by atoms with Crippen LogP contribution >= 0.6 is 0 Å². The summed E-state index contributed by atoms with van der Waals surface area (Å²) in [6, 6.07) is 8.83. The summed E-state index contributed by atoms with van der Waals surface area (Å²) in [6.07, 6.45) is -0.233. The molecule has 0 bridgehead atoms. The number of carboxylic acid groups (broad SMARTS) is 1. The average Bonchev–Trinajstić information content (AvgIpc) is 2.60. The number of aromatic amines is 1. The second-order valence-electron chi connectivity index (χ2n) is 6.18. The summed E-state index contributed by atoms with van der Waals surface area (Å²) in [7, 11) is 0. The Labute approximate surface area is 150 Å². The Balaban J connectivity index is 1.61. The number of nitrogens with zero attached hydrogens (tertiary/aromatic N) is 2. The number of hydrogen-bond acceptors (Lipinski definition) is 6. The van der Waals surface area contributed by atoms with E-state index < -0.39 is 5.97 Å². The van der Waals surface area contributed by atoms with Gasteiger partial charge in [-0.15, -0.1) is 0 Å². The van der Waals surface area contributed by atoms with Crippen LogP contribution in [0.4, 0.5) is 0 Å². The molecular weight excluding hydrogens is 338 g/mol. The maximum absolute atomic E-state index is 11.6. The molecule has 2 aromatic rings. The smallest absolute Gasteiger partial charge is 0.341 e. The highest BCUT2D eigenvalue weighted by molar-refractivity contribution is 5.68. The quantitative estimate of drug-likeness (QED) is 0.796. The van der Waals surface area contributed by atoms with E-state index in [1.807, 2.05) is 12.1 Å². The summed E-state index contributed by atoms with van der Waals surface area (Å²) >= 11 is 0. The maximum atomic E-state index is 11.6. The number of rotatable bonds is 6. The zero-order valence-corrected chi connectivity index (χ0v) is 14.5. The van der Waals surface area contributed by atoms with Gasteiger partial charge in [0.05, 0.1) is 12.3 Å². The van der Waals surface area contributed by atoms with Gasteiger partial charge in [-0.2, -0.15) is 0 Å². The number of aryl methyl sites for hydroxylation is 1. The van der Waals surface area contributed by atoms with E-state index in [0.717, 1.165) is 18.7 Å². The first-order chi connectivity index (χ1) is 12.5. The number of carboxylic acids is 1. The third-order valence-corrected chi connectivity index (χ3v) is 4.05. The molecule has 1 fully saturated rings. The Morgan fingerprint density at radius 3 is 2.88 bits per heavy atom. The van der Waals surface area contributed by atoms with Crippen molar-refractivity contribution in [3.8, 4) is 5.75 Å². The summed E-state index contributed by atoms with van der Waals surface area (Å²) in [4.78, 5) is 31.4. The zero-order chi connectivity index (χ0) is 18.5. The molecule has 0 saturated carbocycles. The van der Waals surface area contributed by atoms with Gasteiger partial charge in [0.15, 0.2) is 6.61 Å². The van der Waals surface area contributed by atoms with Crippen LogP contribution in [0.15, 0.2) is 35.1 Å². The minimum Gasteiger partial charge on any atom is -0.482 e. The molecule has 1 aliphatic rings. The van der Waals surface area contributed by atoms with Crippen LogP contribution in [0.25, 0.3) is 0 Å². The lowest BCUT2D eigenvalue weighted by molar-refractivity contribution is -0.139. The van der Waals surface area contributed by atoms with Crippen molar-refractivity contribution in [1.29, 1.82) is 0 Å². The topological polar surface area (TPSA) is 105 Å². The van der Waals surface area contributed by atoms with Crippen molar-refractivity contribution >= 4 is 5.97 Å². The number of H-pyrrole nitrogens is 1. The van der Waals surface area contributed by atoms with Gasteiger partial charge in [0.1, 0.15) is 17.7 Å². The van der Waals surface area contributed by atoms with E-state index >= 15 is 0 Å². The maximum Gasteiger partial charge on any atom is 0.341 e. The third-order valence-electron chi connectivity index (χ3n) is 4.05. The van der Waals surface area contributed by atoms with Gasteiger partial charge in [0, 0.05) is 25.7 Å². The van der Waals surface area contributed by atoms with E-state index in [-0.39, 0.29) is 18.3 Å². The minimum atomic E-state index is -1.00. The molecule has 26 heavy (non-hydrogen) atoms. The van der Waals surface area contributed by atoms with Crippen molar-refractivity contribution in [2.75, 3.05) is 26.3 Å². The van der Waals surface area contributed by atoms with Gasteiger partial charge >= 0.3 is 5.97 Å². The van der Waals surface area contributed by atoms with Crippen LogP contribution in [0.1, 0.15) is 23.2 Å². The lowest BCUT2D eigenvalue weighted by Crippen LogP contribution is -2.38. The number of ether oxygens (including phenoxy) is 2. The van der Waals surface area contributed by atoms with Crippen LogP contribution in [-0.4, -0.2) is 52.2 Å². The summed E-state index contributed by atoms with van der Waals surface area (Å²) < 4.78 is 10.9. The first kappa shape index (κ1) is 18.1. The molecule has 8 heteroatoms. The molecule has 1 aromatic carbocycles. The number of aliphatic carboxylic acids is 1. The second kappa shape index (κ2) is 8.11. The molecule has 0 aliphatic carbocycles. The lowest BCUT2D eigenvalue weighted by Gasteiger charge is -2.32. The van der Waals surface area contributed by atoms with E-state index in [9.17, 15) is 9.59 Å². The number of aromatic nitrogens is 2. The van der Waals surface area contributed by atoms with Crippen LogP contribution in [0.5, 0.6) is 5.75 Å². The Kier molecular flexibility index (Phi) is 5.65. The van der Waals surface area contributed by atoms with Crippen molar-refractivity contribution in [3.05, 3.63) is 57.8 Å². The highest BCUT2D eigenvalue weighted by atomic mass is 16.5. The fourth-order valence-electron chi connectivity index (χ4n) is 2.89. The third kappa shape index (κ3) is 4.90. The lowest BCUT2D eigenvalue weighted by atomic mass is 10.1. The molecule has 1 atom stereocenters. The van der Waals surface area contributed by atoms with Crippen molar-refractivity contribution in [3.63, 3.8) is 0 Å². The molecular formula is C18H21N3O5. The average molecular weight is 359 g/mol. The van der Waals surface area contributed by atoms with Crippen LogP contribution in [0.2, 0.25) is 0 Å². The van der Waals surface area contributed by atoms with E-state index in [1.54, 1.807) is 19.1 Å². The molecule has 0 amide bonds. The van der Waals surface area contributed by atoms with Crippen LogP contribution < -0.4 is 10.3 Å². The Morgan fingerprint density at radius 1 is 1.42 bits per heavy atom. The van der Waals surface area contributed by atoms with Crippen molar-refractivity contribution in [2.24, 2.45) is 0 Å². The second-order valence-corrected chi connectivity index (χ2v) is 6.18. The molecule has 8 nitrogen and oxygen atoms in total. The standard InChI is InChI=1S/C18H21N3O5/c1-12-19-15(8-17(22)20-12)16-10-21(6-7-25-16)9-13-2-4-14(5-3-13)26-11-18(23)24/h2-5,8,16H,6-7,9-11H2,1H3,(H,23,24)(H,19,20,22)/t16-/m1/s1. The van der Waals surface area contributed by atoms with Crippen LogP contribution in [-0.2, 0) is 16.1 Å². The number of carbonyl (C=O) groups is 1. The number of hydrogen-bond donors (Lipinski definition) is 2. The van der Waals surface area contributed by atoms with Gasteiger partial charge in [-0.3, -0.25) is 9.69 Å². The van der Waals surface area contributed by atoms with Crippen LogP contribution in [0.3, 0.4) is 0 Å². The summed E-state index contributed by atoms with van der Waals surface area (Å²) in [5.74, 6) is 0.0985. The van der Waals surface area contributed by atoms with Gasteiger partial charge in [-0.05, 0) is 24.6 Å². The Bertz CT molecular complexity index is 818. The van der Waals surface area contributed by atoms with Gasteiger partial charge in [0.25, 0.3) is 5.56 Å². The van der Waals surface area contributed by atoms with E-state index in [1.165, 1.54) is 6.07 Å². The highest BCUT2D eigenvalue weighted by Gasteiger charge is 2.23. The normalized spacial score (nSPS) is 17.8. The molecule has 0 radical (unpaired) electrons. The van der Waals surface area contributed by atoms with E-state index in [4.69, 9.17) is 14.6 Å². The first-order valence-electron chi connectivity index (χ1n) is 8.35. The zero-order valence-electron chi connectivity index (χ0n) is 14.5. The van der Waals surface area contributed by atoms with Gasteiger partial charge in [-0.25, -0.2) is 9.78 Å². The first-order valence-corrected chi connectivity index (χ1v) is 8.35. The molecule has 2 N–H and O–H groups in total. The van der Waals surface area contributed by atoms with E-state index in [0.29, 0.717) is 30.4 Å². The fourth-order valence-corrected chi connectivity index (χ4v) is 2.89. The monoisotopic (exact) mass is 359 g/mol. The van der Waals surface area contributed by atoms with Gasteiger partial charge in [0.2, 0.25) is 0 Å². The predicted octanol–water partition coefficient (Wildman–Crippen LogP) is 1.12. The molecule has 2 heterocycles. The Hall–Kier alpha value is -2.71.